The Morgan fingerprint density at radius 1 is 0.935 bits per heavy atom. The number of hydrogen-bond donors (Lipinski definition) is 1. The van der Waals surface area contributed by atoms with Gasteiger partial charge < -0.3 is 14.5 Å². The number of hydrogen-bond acceptors (Lipinski definition) is 5. The maximum atomic E-state index is 12.7. The highest BCUT2D eigenvalue weighted by Gasteiger charge is 2.30. The third-order valence-corrected chi connectivity index (χ3v) is 7.01. The molecule has 0 spiro atoms. The third kappa shape index (κ3) is 4.71. The summed E-state index contributed by atoms with van der Waals surface area (Å²) < 4.78 is 37.2. The predicted octanol–water partition coefficient (Wildman–Crippen LogP) is 3.46. The van der Waals surface area contributed by atoms with Gasteiger partial charge in [0.15, 0.2) is 5.76 Å². The topological polar surface area (TPSA) is 88.9 Å². The molecular formula is C23H24N2O5S. The van der Waals surface area contributed by atoms with E-state index in [9.17, 15) is 13.2 Å². The summed E-state index contributed by atoms with van der Waals surface area (Å²) in [6, 6.07) is 20.4. The third-order valence-electron chi connectivity index (χ3n) is 5.23. The van der Waals surface area contributed by atoms with E-state index in [1.165, 1.54) is 16.4 Å². The predicted molar refractivity (Wildman–Crippen MR) is 116 cm³/mol. The average molecular weight is 441 g/mol. The van der Waals surface area contributed by atoms with Crippen LogP contribution >= 0.6 is 0 Å². The number of morpholine rings is 1. The molecule has 4 rings (SSSR count). The molecule has 1 aliphatic rings. The molecule has 2 heterocycles. The van der Waals surface area contributed by atoms with Crippen LogP contribution in [0.3, 0.4) is 0 Å². The standard InChI is InChI=1S/C23H24N2O5S/c1-17(18-7-9-20(10-8-18)19-5-3-2-4-6-19)24-23(26)21-11-12-22(30-21)31(27,28)25-13-15-29-16-14-25/h2-12,17H,13-16H2,1H3,(H,24,26). The van der Waals surface area contributed by atoms with Crippen LogP contribution in [0.1, 0.15) is 29.1 Å². The van der Waals surface area contributed by atoms with Gasteiger partial charge in [0.2, 0.25) is 5.09 Å². The van der Waals surface area contributed by atoms with Gasteiger partial charge in [0.25, 0.3) is 15.9 Å². The van der Waals surface area contributed by atoms with E-state index in [1.807, 2.05) is 61.5 Å². The summed E-state index contributed by atoms with van der Waals surface area (Å²) in [6.45, 7) is 3.08. The van der Waals surface area contributed by atoms with Gasteiger partial charge in [-0.15, -0.1) is 0 Å². The second-order valence-corrected chi connectivity index (χ2v) is 9.19. The fraction of sp³-hybridized carbons (Fsp3) is 0.261. The van der Waals surface area contributed by atoms with Crippen molar-refractivity contribution in [3.8, 4) is 11.1 Å². The number of rotatable bonds is 6. The number of furan rings is 1. The van der Waals surface area contributed by atoms with Gasteiger partial charge in [-0.3, -0.25) is 4.79 Å². The first-order valence-electron chi connectivity index (χ1n) is 10.1. The van der Waals surface area contributed by atoms with Crippen molar-refractivity contribution in [2.75, 3.05) is 26.3 Å². The molecule has 31 heavy (non-hydrogen) atoms. The molecular weight excluding hydrogens is 416 g/mol. The van der Waals surface area contributed by atoms with Crippen molar-refractivity contribution >= 4 is 15.9 Å². The summed E-state index contributed by atoms with van der Waals surface area (Å²) >= 11 is 0. The Labute approximate surface area is 181 Å². The van der Waals surface area contributed by atoms with Crippen LogP contribution in [0.15, 0.2) is 76.2 Å². The minimum absolute atomic E-state index is 0.0420. The Balaban J connectivity index is 1.42. The van der Waals surface area contributed by atoms with E-state index < -0.39 is 15.9 Å². The van der Waals surface area contributed by atoms with Crippen molar-refractivity contribution in [3.63, 3.8) is 0 Å². The molecule has 1 aromatic heterocycles. The van der Waals surface area contributed by atoms with Gasteiger partial charge in [0.05, 0.1) is 19.3 Å². The molecule has 1 unspecified atom stereocenters. The molecule has 1 saturated heterocycles. The van der Waals surface area contributed by atoms with Crippen LogP contribution in [-0.4, -0.2) is 44.9 Å². The fourth-order valence-electron chi connectivity index (χ4n) is 3.44. The van der Waals surface area contributed by atoms with Crippen LogP contribution in [0.25, 0.3) is 11.1 Å². The minimum atomic E-state index is -3.78. The van der Waals surface area contributed by atoms with Gasteiger partial charge in [-0.05, 0) is 35.7 Å². The number of benzene rings is 2. The molecule has 1 aliphatic heterocycles. The van der Waals surface area contributed by atoms with E-state index in [-0.39, 0.29) is 30.0 Å². The van der Waals surface area contributed by atoms with E-state index in [4.69, 9.17) is 9.15 Å². The highest BCUT2D eigenvalue weighted by Crippen LogP contribution is 2.23. The lowest BCUT2D eigenvalue weighted by Crippen LogP contribution is -2.40. The van der Waals surface area contributed by atoms with Crippen LogP contribution < -0.4 is 5.32 Å². The molecule has 1 N–H and O–H groups in total. The summed E-state index contributed by atoms with van der Waals surface area (Å²) in [7, 11) is -3.78. The number of sulfonamides is 1. The SMILES string of the molecule is CC(NC(=O)c1ccc(S(=O)(=O)N2CCOCC2)o1)c1ccc(-c2ccccc2)cc1. The Morgan fingerprint density at radius 3 is 2.26 bits per heavy atom. The van der Waals surface area contributed by atoms with Crippen molar-refractivity contribution in [1.82, 2.24) is 9.62 Å². The summed E-state index contributed by atoms with van der Waals surface area (Å²) in [6.07, 6.45) is 0. The van der Waals surface area contributed by atoms with E-state index in [1.54, 1.807) is 0 Å². The van der Waals surface area contributed by atoms with Crippen molar-refractivity contribution in [1.29, 1.82) is 0 Å². The number of nitrogens with one attached hydrogen (secondary N) is 1. The lowest BCUT2D eigenvalue weighted by atomic mass is 10.0. The molecule has 0 bridgehead atoms. The molecule has 0 aliphatic carbocycles. The molecule has 0 radical (unpaired) electrons. The zero-order valence-electron chi connectivity index (χ0n) is 17.2. The number of ether oxygens (including phenoxy) is 1. The summed E-state index contributed by atoms with van der Waals surface area (Å²) in [4.78, 5) is 12.6. The van der Waals surface area contributed by atoms with Gasteiger partial charge in [-0.1, -0.05) is 54.6 Å². The van der Waals surface area contributed by atoms with Gasteiger partial charge in [0.1, 0.15) is 0 Å². The monoisotopic (exact) mass is 440 g/mol. The Kier molecular flexibility index (Phi) is 6.22. The zero-order chi connectivity index (χ0) is 21.8. The minimum Gasteiger partial charge on any atom is -0.438 e. The number of amides is 1. The Hall–Kier alpha value is -2.94. The lowest BCUT2D eigenvalue weighted by molar-refractivity contribution is 0.0722. The fourth-order valence-corrected chi connectivity index (χ4v) is 4.76. The summed E-state index contributed by atoms with van der Waals surface area (Å²) in [5.41, 5.74) is 3.14. The van der Waals surface area contributed by atoms with Crippen LogP contribution in [0.4, 0.5) is 0 Å². The number of nitrogens with zero attached hydrogens (tertiary/aromatic N) is 1. The quantitative estimate of drug-likeness (QED) is 0.634. The first-order valence-corrected chi connectivity index (χ1v) is 11.5. The first kappa shape index (κ1) is 21.3. The van der Waals surface area contributed by atoms with Gasteiger partial charge in [-0.25, -0.2) is 8.42 Å². The van der Waals surface area contributed by atoms with Crippen LogP contribution in [0.5, 0.6) is 0 Å². The average Bonchev–Trinajstić information content (AvgIpc) is 3.32. The van der Waals surface area contributed by atoms with Crippen molar-refractivity contribution in [3.05, 3.63) is 78.1 Å². The zero-order valence-corrected chi connectivity index (χ0v) is 18.0. The Bertz CT molecular complexity index is 1130. The van der Waals surface area contributed by atoms with Gasteiger partial charge in [0, 0.05) is 13.1 Å². The second kappa shape index (κ2) is 9.05. The molecule has 7 nitrogen and oxygen atoms in total. The second-order valence-electron chi connectivity index (χ2n) is 7.32. The summed E-state index contributed by atoms with van der Waals surface area (Å²) in [5, 5.41) is 2.62. The first-order chi connectivity index (χ1) is 14.9. The lowest BCUT2D eigenvalue weighted by Gasteiger charge is -2.24. The van der Waals surface area contributed by atoms with Crippen LogP contribution in [0.2, 0.25) is 0 Å². The highest BCUT2D eigenvalue weighted by atomic mass is 32.2. The Morgan fingerprint density at radius 2 is 1.58 bits per heavy atom. The molecule has 1 atom stereocenters. The van der Waals surface area contributed by atoms with Gasteiger partial charge in [-0.2, -0.15) is 4.31 Å². The molecule has 8 heteroatoms. The van der Waals surface area contributed by atoms with Crippen molar-refractivity contribution < 1.29 is 22.4 Å². The van der Waals surface area contributed by atoms with Crippen LogP contribution in [-0.2, 0) is 14.8 Å². The number of carbonyl (C=O) groups is 1. The van der Waals surface area contributed by atoms with E-state index in [2.05, 4.69) is 5.32 Å². The molecule has 1 fully saturated rings. The largest absolute Gasteiger partial charge is 0.438 e. The summed E-state index contributed by atoms with van der Waals surface area (Å²) in [5.74, 6) is -0.511. The molecule has 162 valence electrons. The van der Waals surface area contributed by atoms with Crippen molar-refractivity contribution in [2.24, 2.45) is 0 Å². The van der Waals surface area contributed by atoms with E-state index in [0.29, 0.717) is 13.2 Å². The normalized spacial score (nSPS) is 16.0. The van der Waals surface area contributed by atoms with Crippen LogP contribution in [0, 0.1) is 0 Å². The van der Waals surface area contributed by atoms with Gasteiger partial charge >= 0.3 is 0 Å². The molecule has 1 amide bonds. The molecule has 3 aromatic rings. The van der Waals surface area contributed by atoms with Crippen molar-refractivity contribution in [2.45, 2.75) is 18.1 Å². The molecule has 0 saturated carbocycles. The maximum absolute atomic E-state index is 12.7. The highest BCUT2D eigenvalue weighted by molar-refractivity contribution is 7.89. The smallest absolute Gasteiger partial charge is 0.287 e. The number of carbonyl (C=O) groups excluding carboxylic acids is 1. The van der Waals surface area contributed by atoms with E-state index >= 15 is 0 Å². The van der Waals surface area contributed by atoms with E-state index in [0.717, 1.165) is 16.7 Å². The molecule has 2 aromatic carbocycles. The maximum Gasteiger partial charge on any atom is 0.287 e.